The smallest absolute Gasteiger partial charge is 0.200 e. The second-order valence-electron chi connectivity index (χ2n) is 4.69. The van der Waals surface area contributed by atoms with Crippen LogP contribution in [0.3, 0.4) is 0 Å². The zero-order chi connectivity index (χ0) is 13.7. The van der Waals surface area contributed by atoms with Crippen LogP contribution in [0.15, 0.2) is 12.1 Å². The van der Waals surface area contributed by atoms with E-state index in [0.29, 0.717) is 24.1 Å². The molecule has 0 aliphatic carbocycles. The molecule has 18 heavy (non-hydrogen) atoms. The lowest BCUT2D eigenvalue weighted by molar-refractivity contribution is 0.343. The van der Waals surface area contributed by atoms with Crippen molar-refractivity contribution in [1.29, 1.82) is 0 Å². The van der Waals surface area contributed by atoms with Crippen molar-refractivity contribution in [1.82, 2.24) is 5.32 Å². The topological polar surface area (TPSA) is 72.7 Å². The van der Waals surface area contributed by atoms with Crippen molar-refractivity contribution in [3.05, 3.63) is 17.7 Å². The number of aromatic hydroxyl groups is 3. The molecule has 4 heteroatoms. The summed E-state index contributed by atoms with van der Waals surface area (Å²) in [5.74, 6) is -0.411. The molecule has 0 amide bonds. The van der Waals surface area contributed by atoms with Crippen molar-refractivity contribution < 1.29 is 15.3 Å². The van der Waals surface area contributed by atoms with Crippen LogP contribution in [0.2, 0.25) is 0 Å². The Labute approximate surface area is 108 Å². The summed E-state index contributed by atoms with van der Waals surface area (Å²) < 4.78 is 0. The third-order valence-electron chi connectivity index (χ3n) is 3.58. The molecule has 0 fully saturated rings. The molecule has 4 N–H and O–H groups in total. The van der Waals surface area contributed by atoms with Crippen LogP contribution in [0.25, 0.3) is 0 Å². The van der Waals surface area contributed by atoms with Gasteiger partial charge in [-0.2, -0.15) is 0 Å². The van der Waals surface area contributed by atoms with Crippen molar-refractivity contribution in [3.8, 4) is 17.2 Å². The van der Waals surface area contributed by atoms with E-state index in [4.69, 9.17) is 0 Å². The second-order valence-corrected chi connectivity index (χ2v) is 4.69. The van der Waals surface area contributed by atoms with Crippen LogP contribution in [-0.2, 0) is 6.54 Å². The van der Waals surface area contributed by atoms with Gasteiger partial charge in [0.25, 0.3) is 0 Å². The fourth-order valence-corrected chi connectivity index (χ4v) is 2.19. The molecule has 0 aliphatic heterocycles. The fourth-order valence-electron chi connectivity index (χ4n) is 2.19. The average Bonchev–Trinajstić information content (AvgIpc) is 2.36. The summed E-state index contributed by atoms with van der Waals surface area (Å²) in [6.07, 6.45) is 2.22. The molecule has 102 valence electrons. The van der Waals surface area contributed by atoms with Gasteiger partial charge in [-0.3, -0.25) is 0 Å². The quantitative estimate of drug-likeness (QED) is 0.588. The van der Waals surface area contributed by atoms with Gasteiger partial charge in [0, 0.05) is 18.2 Å². The highest BCUT2D eigenvalue weighted by Gasteiger charge is 2.15. The van der Waals surface area contributed by atoms with Crippen LogP contribution in [0.4, 0.5) is 0 Å². The Balaban J connectivity index is 2.67. The number of phenolic OH excluding ortho intramolecular Hbond substituents is 3. The predicted octanol–water partition coefficient (Wildman–Crippen LogP) is 2.72. The third-order valence-corrected chi connectivity index (χ3v) is 3.58. The molecule has 1 aromatic rings. The van der Waals surface area contributed by atoms with E-state index in [0.717, 1.165) is 12.8 Å². The third kappa shape index (κ3) is 3.29. The van der Waals surface area contributed by atoms with Crippen LogP contribution >= 0.6 is 0 Å². The maximum atomic E-state index is 9.69. The monoisotopic (exact) mass is 253 g/mol. The molecule has 0 saturated carbocycles. The van der Waals surface area contributed by atoms with Crippen molar-refractivity contribution >= 4 is 0 Å². The highest BCUT2D eigenvalue weighted by molar-refractivity contribution is 5.52. The van der Waals surface area contributed by atoms with Gasteiger partial charge in [0.15, 0.2) is 11.5 Å². The standard InChI is InChI=1S/C14H23NO3/c1-4-10(5-2)9(3)15-8-11-6-7-12(16)14(18)13(11)17/h6-7,9-10,15-18H,4-5,8H2,1-3H3. The molecule has 1 aromatic carbocycles. The van der Waals surface area contributed by atoms with E-state index in [9.17, 15) is 15.3 Å². The van der Waals surface area contributed by atoms with Crippen LogP contribution < -0.4 is 5.32 Å². The summed E-state index contributed by atoms with van der Waals surface area (Å²) in [6.45, 7) is 6.92. The number of benzene rings is 1. The predicted molar refractivity (Wildman–Crippen MR) is 71.8 cm³/mol. The minimum Gasteiger partial charge on any atom is -0.504 e. The first kappa shape index (κ1) is 14.6. The van der Waals surface area contributed by atoms with Gasteiger partial charge in [0.2, 0.25) is 5.75 Å². The minimum atomic E-state index is -0.454. The Morgan fingerprint density at radius 3 is 2.22 bits per heavy atom. The molecule has 0 bridgehead atoms. The van der Waals surface area contributed by atoms with Gasteiger partial charge < -0.3 is 20.6 Å². The first-order valence-corrected chi connectivity index (χ1v) is 6.47. The molecular weight excluding hydrogens is 230 g/mol. The highest BCUT2D eigenvalue weighted by atomic mass is 16.3. The average molecular weight is 253 g/mol. The zero-order valence-corrected chi connectivity index (χ0v) is 11.3. The molecule has 0 heterocycles. The molecule has 0 radical (unpaired) electrons. The van der Waals surface area contributed by atoms with Crippen molar-refractivity contribution in [3.63, 3.8) is 0 Å². The van der Waals surface area contributed by atoms with Crippen molar-refractivity contribution in [2.75, 3.05) is 0 Å². The van der Waals surface area contributed by atoms with E-state index in [2.05, 4.69) is 26.1 Å². The zero-order valence-electron chi connectivity index (χ0n) is 11.3. The van der Waals surface area contributed by atoms with Gasteiger partial charge in [-0.1, -0.05) is 32.8 Å². The fraction of sp³-hybridized carbons (Fsp3) is 0.571. The van der Waals surface area contributed by atoms with Crippen molar-refractivity contribution in [2.24, 2.45) is 5.92 Å². The SMILES string of the molecule is CCC(CC)C(C)NCc1ccc(O)c(O)c1O. The Morgan fingerprint density at radius 1 is 1.06 bits per heavy atom. The van der Waals surface area contributed by atoms with E-state index >= 15 is 0 Å². The van der Waals surface area contributed by atoms with Crippen LogP contribution in [-0.4, -0.2) is 21.4 Å². The molecule has 0 saturated heterocycles. The maximum absolute atomic E-state index is 9.69. The summed E-state index contributed by atoms with van der Waals surface area (Å²) in [4.78, 5) is 0. The Hall–Kier alpha value is -1.42. The molecule has 1 atom stereocenters. The molecule has 1 rings (SSSR count). The lowest BCUT2D eigenvalue weighted by Gasteiger charge is -2.22. The van der Waals surface area contributed by atoms with E-state index < -0.39 is 5.75 Å². The molecule has 4 nitrogen and oxygen atoms in total. The van der Waals surface area contributed by atoms with Gasteiger partial charge in [0.05, 0.1) is 0 Å². The van der Waals surface area contributed by atoms with E-state index in [1.807, 2.05) is 0 Å². The maximum Gasteiger partial charge on any atom is 0.200 e. The minimum absolute atomic E-state index is 0.251. The summed E-state index contributed by atoms with van der Waals surface area (Å²) in [6, 6.07) is 3.33. The molecule has 1 unspecified atom stereocenters. The van der Waals surface area contributed by atoms with Gasteiger partial charge in [-0.15, -0.1) is 0 Å². The molecule has 0 aliphatic rings. The van der Waals surface area contributed by atoms with Gasteiger partial charge >= 0.3 is 0 Å². The van der Waals surface area contributed by atoms with Gasteiger partial charge in [-0.25, -0.2) is 0 Å². The largest absolute Gasteiger partial charge is 0.504 e. The van der Waals surface area contributed by atoms with Crippen LogP contribution in [0.5, 0.6) is 17.2 Å². The van der Waals surface area contributed by atoms with E-state index in [-0.39, 0.29) is 11.5 Å². The normalized spacial score (nSPS) is 12.9. The van der Waals surface area contributed by atoms with Crippen LogP contribution in [0, 0.1) is 5.92 Å². The molecule has 0 spiro atoms. The Bertz CT molecular complexity index is 389. The summed E-state index contributed by atoms with van der Waals surface area (Å²) in [7, 11) is 0. The molecule has 0 aromatic heterocycles. The number of nitrogens with one attached hydrogen (secondary N) is 1. The highest BCUT2D eigenvalue weighted by Crippen LogP contribution is 2.36. The van der Waals surface area contributed by atoms with E-state index in [1.165, 1.54) is 6.07 Å². The first-order valence-electron chi connectivity index (χ1n) is 6.47. The Morgan fingerprint density at radius 2 is 1.67 bits per heavy atom. The van der Waals surface area contributed by atoms with Gasteiger partial charge in [0.1, 0.15) is 0 Å². The summed E-state index contributed by atoms with van der Waals surface area (Å²) in [5, 5.41) is 31.7. The van der Waals surface area contributed by atoms with E-state index in [1.54, 1.807) is 6.07 Å². The second kappa shape index (κ2) is 6.50. The number of hydrogen-bond donors (Lipinski definition) is 4. The van der Waals surface area contributed by atoms with Gasteiger partial charge in [-0.05, 0) is 18.9 Å². The summed E-state index contributed by atoms with van der Waals surface area (Å²) in [5.41, 5.74) is 0.586. The molecular formula is C14H23NO3. The van der Waals surface area contributed by atoms with Crippen LogP contribution in [0.1, 0.15) is 39.2 Å². The number of phenols is 3. The first-order chi connectivity index (χ1) is 8.51. The summed E-state index contributed by atoms with van der Waals surface area (Å²) >= 11 is 0. The lowest BCUT2D eigenvalue weighted by atomic mass is 9.95. The number of rotatable bonds is 6. The number of hydrogen-bond acceptors (Lipinski definition) is 4. The Kier molecular flexibility index (Phi) is 5.28. The van der Waals surface area contributed by atoms with Crippen molar-refractivity contribution in [2.45, 2.75) is 46.2 Å². The lowest BCUT2D eigenvalue weighted by Crippen LogP contribution is -2.32.